The number of allylic oxidation sites excluding steroid dienone is 1. The maximum absolute atomic E-state index is 11.0. The monoisotopic (exact) mass is 265 g/mol. The molecule has 0 saturated heterocycles. The number of hydrogen-bond donors (Lipinski definition) is 1. The van der Waals surface area contributed by atoms with Crippen molar-refractivity contribution in [1.82, 2.24) is 4.98 Å². The largest absolute Gasteiger partial charge is 0.477 e. The summed E-state index contributed by atoms with van der Waals surface area (Å²) < 4.78 is 0. The Kier molecular flexibility index (Phi) is 4.45. The summed E-state index contributed by atoms with van der Waals surface area (Å²) in [6, 6.07) is 11.5. The van der Waals surface area contributed by atoms with Crippen LogP contribution in [0.5, 0.6) is 0 Å². The van der Waals surface area contributed by atoms with E-state index in [0.29, 0.717) is 12.0 Å². The van der Waals surface area contributed by atoms with E-state index in [9.17, 15) is 4.79 Å². The first kappa shape index (κ1) is 13.7. The molecule has 0 fully saturated rings. The van der Waals surface area contributed by atoms with Gasteiger partial charge in [0.1, 0.15) is 0 Å². The van der Waals surface area contributed by atoms with Crippen molar-refractivity contribution in [2.75, 3.05) is 0 Å². The van der Waals surface area contributed by atoms with E-state index >= 15 is 0 Å². The highest BCUT2D eigenvalue weighted by molar-refractivity contribution is 5.87. The zero-order chi connectivity index (χ0) is 14.4. The first-order valence-corrected chi connectivity index (χ1v) is 6.27. The van der Waals surface area contributed by atoms with Gasteiger partial charge in [0.15, 0.2) is 5.69 Å². The Labute approximate surface area is 117 Å². The molecule has 0 radical (unpaired) electrons. The third kappa shape index (κ3) is 3.42. The zero-order valence-corrected chi connectivity index (χ0v) is 11.0. The molecule has 3 nitrogen and oxygen atoms in total. The maximum Gasteiger partial charge on any atom is 0.354 e. The van der Waals surface area contributed by atoms with Crippen molar-refractivity contribution in [3.05, 3.63) is 77.6 Å². The minimum atomic E-state index is -0.996. The van der Waals surface area contributed by atoms with Gasteiger partial charge >= 0.3 is 5.97 Å². The summed E-state index contributed by atoms with van der Waals surface area (Å²) in [6.45, 7) is 3.71. The molecule has 0 unspecified atom stereocenters. The molecule has 0 aliphatic heterocycles. The van der Waals surface area contributed by atoms with Crippen molar-refractivity contribution in [1.29, 1.82) is 0 Å². The average Bonchev–Trinajstić information content (AvgIpc) is 2.48. The summed E-state index contributed by atoms with van der Waals surface area (Å²) in [4.78, 5) is 14.9. The highest BCUT2D eigenvalue weighted by Gasteiger charge is 2.08. The molecule has 0 aliphatic rings. The Morgan fingerprint density at radius 3 is 2.55 bits per heavy atom. The van der Waals surface area contributed by atoms with Gasteiger partial charge in [-0.15, -0.1) is 0 Å². The van der Waals surface area contributed by atoms with Crippen molar-refractivity contribution >= 4 is 18.1 Å². The van der Waals surface area contributed by atoms with E-state index in [1.165, 1.54) is 6.20 Å². The minimum absolute atomic E-state index is 0.110. The Balaban J connectivity index is 2.09. The second-order valence-corrected chi connectivity index (χ2v) is 4.29. The number of aromatic carboxylic acids is 1. The first-order chi connectivity index (χ1) is 9.70. The molecule has 0 bridgehead atoms. The fraction of sp³-hybridized carbons (Fsp3) is 0.0588. The lowest BCUT2D eigenvalue weighted by Crippen LogP contribution is -2.04. The molecule has 2 aromatic rings. The van der Waals surface area contributed by atoms with Crippen LogP contribution in [-0.2, 0) is 6.42 Å². The van der Waals surface area contributed by atoms with E-state index in [0.717, 1.165) is 11.1 Å². The van der Waals surface area contributed by atoms with Crippen LogP contribution in [0.15, 0.2) is 55.3 Å². The second-order valence-electron chi connectivity index (χ2n) is 4.29. The zero-order valence-electron chi connectivity index (χ0n) is 11.0. The third-order valence-electron chi connectivity index (χ3n) is 2.91. The van der Waals surface area contributed by atoms with Crippen molar-refractivity contribution in [3.8, 4) is 0 Å². The normalized spacial score (nSPS) is 10.6. The lowest BCUT2D eigenvalue weighted by atomic mass is 10.1. The van der Waals surface area contributed by atoms with Crippen LogP contribution >= 0.6 is 0 Å². The molecule has 0 aliphatic carbocycles. The molecular formula is C17H15NO2. The van der Waals surface area contributed by atoms with Crippen LogP contribution in [0, 0.1) is 0 Å². The minimum Gasteiger partial charge on any atom is -0.477 e. The molecule has 0 spiro atoms. The van der Waals surface area contributed by atoms with Crippen LogP contribution in [0.1, 0.15) is 27.2 Å². The molecule has 1 N–H and O–H groups in total. The van der Waals surface area contributed by atoms with Crippen LogP contribution < -0.4 is 0 Å². The number of carboxylic acid groups (broad SMARTS) is 1. The summed E-state index contributed by atoms with van der Waals surface area (Å²) in [5.41, 5.74) is 2.96. The number of nitrogens with zero attached hydrogens (tertiary/aromatic N) is 1. The van der Waals surface area contributed by atoms with Gasteiger partial charge in [-0.2, -0.15) is 0 Å². The van der Waals surface area contributed by atoms with E-state index in [2.05, 4.69) is 11.6 Å². The van der Waals surface area contributed by atoms with Gasteiger partial charge in [-0.05, 0) is 29.2 Å². The van der Waals surface area contributed by atoms with E-state index in [1.54, 1.807) is 18.2 Å². The lowest BCUT2D eigenvalue weighted by molar-refractivity contribution is 0.0689. The Bertz CT molecular complexity index is 642. The standard InChI is InChI=1S/C17H15NO2/c1-2-13-8-10-14(11-9-13)5-3-6-15-7-4-12-18-16(15)17(19)20/h2-5,7-12H,1,6H2,(H,19,20)/b5-3+. The van der Waals surface area contributed by atoms with Crippen LogP contribution in [0.3, 0.4) is 0 Å². The molecule has 1 aromatic heterocycles. The van der Waals surface area contributed by atoms with E-state index in [4.69, 9.17) is 5.11 Å². The number of carboxylic acids is 1. The van der Waals surface area contributed by atoms with E-state index in [1.807, 2.05) is 36.4 Å². The maximum atomic E-state index is 11.0. The van der Waals surface area contributed by atoms with E-state index < -0.39 is 5.97 Å². The van der Waals surface area contributed by atoms with Gasteiger partial charge in [0, 0.05) is 6.20 Å². The van der Waals surface area contributed by atoms with Crippen molar-refractivity contribution in [3.63, 3.8) is 0 Å². The van der Waals surface area contributed by atoms with Gasteiger partial charge in [0.05, 0.1) is 0 Å². The SMILES string of the molecule is C=Cc1ccc(/C=C/Cc2cccnc2C(=O)O)cc1. The Hall–Kier alpha value is -2.68. The summed E-state index contributed by atoms with van der Waals surface area (Å²) in [5.74, 6) is -0.996. The van der Waals surface area contributed by atoms with Crippen molar-refractivity contribution < 1.29 is 9.90 Å². The summed E-state index contributed by atoms with van der Waals surface area (Å²) in [7, 11) is 0. The van der Waals surface area contributed by atoms with Crippen LogP contribution in [0.4, 0.5) is 0 Å². The van der Waals surface area contributed by atoms with Gasteiger partial charge < -0.3 is 5.11 Å². The number of carbonyl (C=O) groups is 1. The molecular weight excluding hydrogens is 250 g/mol. The van der Waals surface area contributed by atoms with E-state index in [-0.39, 0.29) is 5.69 Å². The molecule has 3 heteroatoms. The van der Waals surface area contributed by atoms with Gasteiger partial charge in [-0.3, -0.25) is 0 Å². The molecule has 20 heavy (non-hydrogen) atoms. The Morgan fingerprint density at radius 2 is 1.90 bits per heavy atom. The van der Waals surface area contributed by atoms with Crippen LogP contribution in [-0.4, -0.2) is 16.1 Å². The predicted octanol–water partition coefficient (Wildman–Crippen LogP) is 3.68. The number of aromatic nitrogens is 1. The smallest absolute Gasteiger partial charge is 0.354 e. The van der Waals surface area contributed by atoms with Crippen molar-refractivity contribution in [2.45, 2.75) is 6.42 Å². The van der Waals surface area contributed by atoms with Crippen LogP contribution in [0.25, 0.3) is 12.2 Å². The molecule has 100 valence electrons. The third-order valence-corrected chi connectivity index (χ3v) is 2.91. The number of hydrogen-bond acceptors (Lipinski definition) is 2. The molecule has 1 heterocycles. The van der Waals surface area contributed by atoms with Crippen molar-refractivity contribution in [2.24, 2.45) is 0 Å². The highest BCUT2D eigenvalue weighted by Crippen LogP contribution is 2.10. The van der Waals surface area contributed by atoms with Gasteiger partial charge in [-0.1, -0.05) is 55.1 Å². The average molecular weight is 265 g/mol. The fourth-order valence-electron chi connectivity index (χ4n) is 1.86. The molecule has 0 amide bonds. The molecule has 0 saturated carbocycles. The molecule has 0 atom stereocenters. The molecule has 1 aromatic carbocycles. The predicted molar refractivity (Wildman–Crippen MR) is 80.5 cm³/mol. The first-order valence-electron chi connectivity index (χ1n) is 6.27. The van der Waals surface area contributed by atoms with Gasteiger partial charge in [0.25, 0.3) is 0 Å². The fourth-order valence-corrected chi connectivity index (χ4v) is 1.86. The Morgan fingerprint density at radius 1 is 1.20 bits per heavy atom. The summed E-state index contributed by atoms with van der Waals surface area (Å²) in [6.07, 6.45) is 7.73. The number of rotatable bonds is 5. The quantitative estimate of drug-likeness (QED) is 0.897. The number of pyridine rings is 1. The van der Waals surface area contributed by atoms with Gasteiger partial charge in [-0.25, -0.2) is 9.78 Å². The second kappa shape index (κ2) is 6.48. The topological polar surface area (TPSA) is 50.2 Å². The number of benzene rings is 1. The van der Waals surface area contributed by atoms with Crippen LogP contribution in [0.2, 0.25) is 0 Å². The summed E-state index contributed by atoms with van der Waals surface area (Å²) in [5, 5.41) is 9.04. The lowest BCUT2D eigenvalue weighted by Gasteiger charge is -2.01. The summed E-state index contributed by atoms with van der Waals surface area (Å²) >= 11 is 0. The highest BCUT2D eigenvalue weighted by atomic mass is 16.4. The molecule has 2 rings (SSSR count). The van der Waals surface area contributed by atoms with Gasteiger partial charge in [0.2, 0.25) is 0 Å².